The zero-order valence-corrected chi connectivity index (χ0v) is 13.7. The van der Waals surface area contributed by atoms with E-state index in [1.54, 1.807) is 19.2 Å². The lowest BCUT2D eigenvalue weighted by atomic mass is 9.63. The fraction of sp³-hybridized carbons (Fsp3) is 0.263. The molecule has 2 N–H and O–H groups in total. The highest BCUT2D eigenvalue weighted by Gasteiger charge is 2.45. The van der Waals surface area contributed by atoms with Crippen LogP contribution >= 0.6 is 0 Å². The van der Waals surface area contributed by atoms with Gasteiger partial charge in [-0.25, -0.2) is 9.18 Å². The van der Waals surface area contributed by atoms with Crippen molar-refractivity contribution < 1.29 is 23.8 Å². The minimum atomic E-state index is -1.22. The van der Waals surface area contributed by atoms with Gasteiger partial charge in [0.15, 0.2) is 0 Å². The van der Waals surface area contributed by atoms with Crippen molar-refractivity contribution in [1.82, 2.24) is 0 Å². The summed E-state index contributed by atoms with van der Waals surface area (Å²) >= 11 is 0. The predicted octanol–water partition coefficient (Wildman–Crippen LogP) is 3.59. The number of aromatic carboxylic acids is 1. The Kier molecular flexibility index (Phi) is 4.44. The molecular formula is C19H18FNO4. The molecule has 25 heavy (non-hydrogen) atoms. The Bertz CT molecular complexity index is 813. The van der Waals surface area contributed by atoms with Gasteiger partial charge in [-0.15, -0.1) is 0 Å². The first-order valence-corrected chi connectivity index (χ1v) is 7.95. The van der Waals surface area contributed by atoms with Gasteiger partial charge in [0.1, 0.15) is 11.6 Å². The summed E-state index contributed by atoms with van der Waals surface area (Å²) in [4.78, 5) is 23.7. The summed E-state index contributed by atoms with van der Waals surface area (Å²) in [7, 11) is 1.57. The molecule has 1 fully saturated rings. The molecule has 0 heterocycles. The Morgan fingerprint density at radius 3 is 2.32 bits per heavy atom. The van der Waals surface area contributed by atoms with Crippen molar-refractivity contribution in [3.63, 3.8) is 0 Å². The van der Waals surface area contributed by atoms with Gasteiger partial charge in [0.2, 0.25) is 5.91 Å². The number of anilines is 1. The predicted molar refractivity (Wildman–Crippen MR) is 90.5 cm³/mol. The number of carboxylic acids is 1. The van der Waals surface area contributed by atoms with E-state index in [9.17, 15) is 14.0 Å². The van der Waals surface area contributed by atoms with Crippen LogP contribution in [0.5, 0.6) is 5.75 Å². The number of carbonyl (C=O) groups is 2. The van der Waals surface area contributed by atoms with E-state index in [2.05, 4.69) is 5.32 Å². The smallest absolute Gasteiger partial charge is 0.335 e. The number of nitrogens with one attached hydrogen (secondary N) is 1. The van der Waals surface area contributed by atoms with Crippen LogP contribution in [-0.4, -0.2) is 24.1 Å². The molecular weight excluding hydrogens is 325 g/mol. The molecule has 2 aromatic carbocycles. The second kappa shape index (κ2) is 6.55. The van der Waals surface area contributed by atoms with Gasteiger partial charge in [0.25, 0.3) is 0 Å². The number of benzene rings is 2. The molecule has 0 aromatic heterocycles. The molecule has 1 aliphatic carbocycles. The molecule has 6 heteroatoms. The molecule has 0 radical (unpaired) electrons. The molecule has 1 saturated carbocycles. The Balaban J connectivity index is 1.84. The van der Waals surface area contributed by atoms with Gasteiger partial charge in [0.05, 0.1) is 23.8 Å². The molecule has 0 saturated heterocycles. The van der Waals surface area contributed by atoms with Gasteiger partial charge in [0, 0.05) is 0 Å². The maximum Gasteiger partial charge on any atom is 0.335 e. The van der Waals surface area contributed by atoms with Crippen molar-refractivity contribution in [2.24, 2.45) is 0 Å². The van der Waals surface area contributed by atoms with Crippen LogP contribution in [0.2, 0.25) is 0 Å². The van der Waals surface area contributed by atoms with Crippen molar-refractivity contribution in [2.45, 2.75) is 24.7 Å². The molecule has 0 atom stereocenters. The molecule has 5 nitrogen and oxygen atoms in total. The lowest BCUT2D eigenvalue weighted by Gasteiger charge is -2.40. The maximum atomic E-state index is 14.1. The van der Waals surface area contributed by atoms with Crippen LogP contribution in [-0.2, 0) is 10.2 Å². The largest absolute Gasteiger partial charge is 0.497 e. The number of halogens is 1. The third kappa shape index (κ3) is 3.07. The van der Waals surface area contributed by atoms with Gasteiger partial charge in [-0.2, -0.15) is 0 Å². The van der Waals surface area contributed by atoms with Crippen molar-refractivity contribution in [3.8, 4) is 5.75 Å². The number of amides is 1. The average molecular weight is 343 g/mol. The number of hydrogen-bond donors (Lipinski definition) is 2. The van der Waals surface area contributed by atoms with Gasteiger partial charge in [-0.3, -0.25) is 4.79 Å². The lowest BCUT2D eigenvalue weighted by Crippen LogP contribution is -2.46. The first-order chi connectivity index (χ1) is 12.0. The van der Waals surface area contributed by atoms with Crippen LogP contribution in [0.25, 0.3) is 0 Å². The SMILES string of the molecule is COc1ccc(C2(C(=O)Nc3ccc(C(=O)O)cc3F)CCC2)cc1. The lowest BCUT2D eigenvalue weighted by molar-refractivity contribution is -0.124. The highest BCUT2D eigenvalue weighted by atomic mass is 19.1. The van der Waals surface area contributed by atoms with Gasteiger partial charge in [-0.05, 0) is 48.7 Å². The molecule has 0 spiro atoms. The van der Waals surface area contributed by atoms with E-state index in [1.165, 1.54) is 12.1 Å². The van der Waals surface area contributed by atoms with Crippen LogP contribution in [0.15, 0.2) is 42.5 Å². The summed E-state index contributed by atoms with van der Waals surface area (Å²) in [5.41, 5.74) is -0.0112. The molecule has 3 rings (SSSR count). The van der Waals surface area contributed by atoms with Crippen molar-refractivity contribution >= 4 is 17.6 Å². The summed E-state index contributed by atoms with van der Waals surface area (Å²) in [6.07, 6.45) is 2.28. The van der Waals surface area contributed by atoms with Crippen LogP contribution < -0.4 is 10.1 Å². The Labute approximate surface area is 144 Å². The fourth-order valence-corrected chi connectivity index (χ4v) is 3.08. The summed E-state index contributed by atoms with van der Waals surface area (Å²) in [6, 6.07) is 10.7. The summed E-state index contributed by atoms with van der Waals surface area (Å²) in [6.45, 7) is 0. The van der Waals surface area contributed by atoms with Gasteiger partial charge < -0.3 is 15.2 Å². The molecule has 130 valence electrons. The minimum absolute atomic E-state index is 0.0187. The second-order valence-electron chi connectivity index (χ2n) is 6.12. The number of carbonyl (C=O) groups excluding carboxylic acids is 1. The summed E-state index contributed by atoms with van der Waals surface area (Å²) in [5.74, 6) is -1.57. The second-order valence-corrected chi connectivity index (χ2v) is 6.12. The number of rotatable bonds is 5. The average Bonchev–Trinajstić information content (AvgIpc) is 2.56. The zero-order chi connectivity index (χ0) is 18.0. The van der Waals surface area contributed by atoms with E-state index >= 15 is 0 Å². The van der Waals surface area contributed by atoms with E-state index in [1.807, 2.05) is 12.1 Å². The van der Waals surface area contributed by atoms with Gasteiger partial charge >= 0.3 is 5.97 Å². The topological polar surface area (TPSA) is 75.6 Å². The molecule has 0 unspecified atom stereocenters. The Morgan fingerprint density at radius 1 is 1.16 bits per heavy atom. The molecule has 2 aromatic rings. The monoisotopic (exact) mass is 343 g/mol. The molecule has 0 aliphatic heterocycles. The number of carboxylic acid groups (broad SMARTS) is 1. The van der Waals surface area contributed by atoms with Crippen molar-refractivity contribution in [1.29, 1.82) is 0 Å². The van der Waals surface area contributed by atoms with Gasteiger partial charge in [-0.1, -0.05) is 18.6 Å². The first-order valence-electron chi connectivity index (χ1n) is 7.95. The quantitative estimate of drug-likeness (QED) is 0.870. The molecule has 0 bridgehead atoms. The van der Waals surface area contributed by atoms with E-state index in [4.69, 9.17) is 9.84 Å². The number of ether oxygens (including phenoxy) is 1. The first kappa shape index (κ1) is 17.0. The third-order valence-corrected chi connectivity index (χ3v) is 4.75. The highest BCUT2D eigenvalue weighted by molar-refractivity contribution is 6.00. The van der Waals surface area contributed by atoms with E-state index in [0.717, 1.165) is 18.1 Å². The maximum absolute atomic E-state index is 14.1. The Morgan fingerprint density at radius 2 is 1.84 bits per heavy atom. The van der Waals surface area contributed by atoms with Crippen LogP contribution in [0.4, 0.5) is 10.1 Å². The van der Waals surface area contributed by atoms with Crippen LogP contribution in [0.1, 0.15) is 35.2 Å². The number of hydrogen-bond acceptors (Lipinski definition) is 3. The van der Waals surface area contributed by atoms with Crippen molar-refractivity contribution in [3.05, 3.63) is 59.4 Å². The van der Waals surface area contributed by atoms with E-state index in [-0.39, 0.29) is 17.2 Å². The normalized spacial score (nSPS) is 15.1. The Hall–Kier alpha value is -2.89. The highest BCUT2D eigenvalue weighted by Crippen LogP contribution is 2.45. The molecule has 1 aliphatic rings. The fourth-order valence-electron chi connectivity index (χ4n) is 3.08. The standard InChI is InChI=1S/C19H18FNO4/c1-25-14-6-4-13(5-7-14)19(9-2-10-19)18(24)21-16-8-3-12(17(22)23)11-15(16)20/h3-8,11H,2,9-10H2,1H3,(H,21,24)(H,22,23). The van der Waals surface area contributed by atoms with E-state index in [0.29, 0.717) is 18.6 Å². The molecule has 1 amide bonds. The minimum Gasteiger partial charge on any atom is -0.497 e. The van der Waals surface area contributed by atoms with Crippen LogP contribution in [0, 0.1) is 5.82 Å². The third-order valence-electron chi connectivity index (χ3n) is 4.75. The number of methoxy groups -OCH3 is 1. The summed E-state index contributed by atoms with van der Waals surface area (Å²) < 4.78 is 19.2. The van der Waals surface area contributed by atoms with Crippen LogP contribution in [0.3, 0.4) is 0 Å². The zero-order valence-electron chi connectivity index (χ0n) is 13.7. The van der Waals surface area contributed by atoms with E-state index < -0.39 is 17.2 Å². The summed E-state index contributed by atoms with van der Waals surface area (Å²) in [5, 5.41) is 11.5. The van der Waals surface area contributed by atoms with Crippen molar-refractivity contribution in [2.75, 3.05) is 12.4 Å².